The van der Waals surface area contributed by atoms with Crippen molar-refractivity contribution in [3.05, 3.63) is 41.7 Å². The van der Waals surface area contributed by atoms with Crippen LogP contribution < -0.4 is 4.90 Å². The molecule has 1 aromatic heterocycles. The van der Waals surface area contributed by atoms with Crippen molar-refractivity contribution in [1.29, 1.82) is 0 Å². The third-order valence-corrected chi connectivity index (χ3v) is 20.3. The molecule has 0 aliphatic carbocycles. The molecule has 0 radical (unpaired) electrons. The van der Waals surface area contributed by atoms with E-state index in [2.05, 4.69) is 58.0 Å². The Labute approximate surface area is 522 Å². The van der Waals surface area contributed by atoms with Gasteiger partial charge in [0.15, 0.2) is 18.2 Å². The minimum atomic E-state index is -1.39. The molecule has 8 rings (SSSR count). The Bertz CT molecular complexity index is 2530. The number of fused-ring (bicyclic) bond motifs is 1. The number of likely N-dealkylation sites (N-methyl/N-ethyl adjacent to an activating group) is 1. The number of rotatable bonds is 23. The van der Waals surface area contributed by atoms with Crippen LogP contribution in [0.1, 0.15) is 138 Å². The van der Waals surface area contributed by atoms with E-state index in [9.17, 15) is 19.1 Å². The lowest BCUT2D eigenvalue weighted by molar-refractivity contribution is -0.296. The quantitative estimate of drug-likeness (QED) is 0.109. The summed E-state index contributed by atoms with van der Waals surface area (Å²) in [5, 5.41) is 20.1. The van der Waals surface area contributed by atoms with Crippen molar-refractivity contribution >= 4 is 23.5 Å². The lowest BCUT2D eigenvalue weighted by Gasteiger charge is -2.47. The van der Waals surface area contributed by atoms with Gasteiger partial charge in [-0.3, -0.25) is 19.4 Å². The molecule has 0 bridgehead atoms. The van der Waals surface area contributed by atoms with Crippen molar-refractivity contribution in [1.82, 2.24) is 29.7 Å². The van der Waals surface area contributed by atoms with Gasteiger partial charge in [0.2, 0.25) is 0 Å². The average Bonchev–Trinajstić information content (AvgIpc) is 3.31. The van der Waals surface area contributed by atoms with Gasteiger partial charge in [0.25, 0.3) is 0 Å². The minimum absolute atomic E-state index is 0.0557. The summed E-state index contributed by atoms with van der Waals surface area (Å²) in [6.45, 7) is 25.9. The van der Waals surface area contributed by atoms with Gasteiger partial charge in [-0.25, -0.2) is 13.9 Å². The number of amides is 1. The summed E-state index contributed by atoms with van der Waals surface area (Å²) >= 11 is 0. The Hall–Kier alpha value is -3.98. The molecule has 88 heavy (non-hydrogen) atoms. The first-order valence-electron chi connectivity index (χ1n) is 32.5. The number of alkyl halides is 1. The summed E-state index contributed by atoms with van der Waals surface area (Å²) in [6.07, 6.45) is -0.334. The third kappa shape index (κ3) is 16.4. The van der Waals surface area contributed by atoms with Crippen LogP contribution in [0.2, 0.25) is 0 Å². The van der Waals surface area contributed by atoms with E-state index < -0.39 is 108 Å². The van der Waals surface area contributed by atoms with Crippen LogP contribution >= 0.6 is 0 Å². The zero-order valence-corrected chi connectivity index (χ0v) is 55.1. The van der Waals surface area contributed by atoms with E-state index in [1.165, 1.54) is 0 Å². The molecule has 1 amide bonds. The summed E-state index contributed by atoms with van der Waals surface area (Å²) < 4.78 is 85.6. The fraction of sp³-hybridized carbons (Fsp3) is 0.831. The topological polar surface area (TPSA) is 217 Å². The van der Waals surface area contributed by atoms with Crippen LogP contribution in [0.5, 0.6) is 0 Å². The Morgan fingerprint density at radius 3 is 2.20 bits per heavy atom. The number of benzene rings is 1. The number of hydrogen-bond donors (Lipinski definition) is 1. The Kier molecular flexibility index (Phi) is 24.7. The number of morpholine rings is 2. The smallest absolute Gasteiger partial charge is 0.410 e. The van der Waals surface area contributed by atoms with Gasteiger partial charge in [0.1, 0.15) is 36.8 Å². The third-order valence-electron chi connectivity index (χ3n) is 20.3. The van der Waals surface area contributed by atoms with Gasteiger partial charge in [-0.2, -0.15) is 0 Å². The van der Waals surface area contributed by atoms with E-state index in [1.54, 1.807) is 51.7 Å². The first-order chi connectivity index (χ1) is 42.0. The van der Waals surface area contributed by atoms with Gasteiger partial charge < -0.3 is 67.0 Å². The van der Waals surface area contributed by atoms with Crippen LogP contribution in [0.4, 0.5) is 14.9 Å². The van der Waals surface area contributed by atoms with Gasteiger partial charge in [0.05, 0.1) is 80.2 Å². The number of esters is 1. The van der Waals surface area contributed by atoms with E-state index in [4.69, 9.17) is 52.1 Å². The molecular formula is C65H106FN7O15. The highest BCUT2D eigenvalue weighted by molar-refractivity contribution is 5.85. The molecule has 6 aliphatic heterocycles. The molecule has 2 aromatic rings. The molecule has 6 saturated heterocycles. The average molecular weight is 1240 g/mol. The van der Waals surface area contributed by atoms with Gasteiger partial charge in [-0.1, -0.05) is 52.0 Å². The van der Waals surface area contributed by atoms with E-state index in [0.717, 1.165) is 49.5 Å². The molecular weight excluding hydrogens is 1140 g/mol. The minimum Gasteiger partial charge on any atom is -0.458 e. The molecule has 0 spiro atoms. The van der Waals surface area contributed by atoms with Gasteiger partial charge >= 0.3 is 12.1 Å². The Morgan fingerprint density at radius 2 is 1.56 bits per heavy atom. The Morgan fingerprint density at radius 1 is 0.864 bits per heavy atom. The second-order valence-corrected chi connectivity index (χ2v) is 26.8. The molecule has 23 heteroatoms. The van der Waals surface area contributed by atoms with Crippen molar-refractivity contribution < 1.29 is 76.0 Å². The standard InChI is InChI=1S/C65H106FN7O15/c1-15-53-64(10)59(72(62(77)88-64)23-22-70-24-28-81-29-25-70)45(6)56(74)42(3)35-65(80-14,36-43(4)57(46(7)61(76)86-53)87-55-37-63(9,79-13)60(75)47(8)85-55)34-41(2)40-83-54-33-51(32-44(5)84-54)69(11)21-20-49-39-73(68-67-49)52(38-66)58(78-12)48-16-18-50(19-17-48)71-26-30-82-31-27-71/h16-19,39,41-47,51-55,57-60,75H,15,20-38,40H2,1-14H3/t41?,42-,43-,44-,45+,46-,47+,51+,52-,53-,54-,55?,57+,58-,59?,60+,63-,64-,65-/m1/s1. The van der Waals surface area contributed by atoms with Gasteiger partial charge in [0, 0.05) is 116 Å². The lowest BCUT2D eigenvalue weighted by atomic mass is 9.71. The molecule has 6 aliphatic rings. The molecule has 7 heterocycles. The number of aliphatic hydroxyl groups is 1. The fourth-order valence-electron chi connectivity index (χ4n) is 15.1. The van der Waals surface area contributed by atoms with Crippen LogP contribution in [0, 0.1) is 29.6 Å². The number of aliphatic hydroxyl groups excluding tert-OH is 1. The van der Waals surface area contributed by atoms with Gasteiger partial charge in [-0.15, -0.1) is 5.10 Å². The molecule has 19 atom stereocenters. The number of methoxy groups -OCH3 is 3. The molecule has 6 fully saturated rings. The summed E-state index contributed by atoms with van der Waals surface area (Å²) in [7, 11) is 6.93. The first-order valence-corrected chi connectivity index (χ1v) is 32.5. The van der Waals surface area contributed by atoms with Crippen molar-refractivity contribution in [3.8, 4) is 0 Å². The largest absolute Gasteiger partial charge is 0.458 e. The zero-order valence-electron chi connectivity index (χ0n) is 55.1. The molecule has 3 unspecified atom stereocenters. The molecule has 0 saturated carbocycles. The maximum atomic E-state index is 15.3. The maximum absolute atomic E-state index is 15.3. The number of ketones is 1. The number of carbonyl (C=O) groups is 3. The second kappa shape index (κ2) is 31.1. The number of halogens is 1. The highest BCUT2D eigenvalue weighted by Crippen LogP contribution is 2.45. The van der Waals surface area contributed by atoms with Crippen molar-refractivity contribution in [2.24, 2.45) is 29.6 Å². The number of anilines is 1. The lowest BCUT2D eigenvalue weighted by Crippen LogP contribution is -2.59. The van der Waals surface area contributed by atoms with Gasteiger partial charge in [-0.05, 0) is 103 Å². The highest BCUT2D eigenvalue weighted by atomic mass is 19.1. The first kappa shape index (κ1) is 69.9. The zero-order chi connectivity index (χ0) is 63.7. The monoisotopic (exact) mass is 1240 g/mol. The van der Waals surface area contributed by atoms with Crippen LogP contribution in [-0.4, -0.2) is 239 Å². The van der Waals surface area contributed by atoms with E-state index in [1.807, 2.05) is 52.9 Å². The molecule has 498 valence electrons. The number of nitrogens with zero attached hydrogens (tertiary/aromatic N) is 7. The van der Waals surface area contributed by atoms with Crippen molar-refractivity contribution in [3.63, 3.8) is 0 Å². The number of ether oxygens (including phenoxy) is 11. The SMILES string of the molecule is CC[C@H]1OC(=O)[C@H](C)[C@@H](OC2C[C@@](C)(OC)[C@@H](O)[C@H](C)O2)[C@H](C)C[C@](CC(C)CO[C@H]2C[C@@H](N(C)CCc3cn([C@H](CF)[C@H](OC)c4ccc(N5CCOCC5)cc4)nn3)C[C@@H](C)O2)(OC)C[C@@H](C)C(=O)[C@H](C)C2N(CCN3CCOCC3)C(=O)O[C@@]21C. The van der Waals surface area contributed by atoms with E-state index >= 15 is 4.79 Å². The highest BCUT2D eigenvalue weighted by Gasteiger charge is 2.60. The van der Waals surface area contributed by atoms with Crippen molar-refractivity contribution in [2.75, 3.05) is 119 Å². The second-order valence-electron chi connectivity index (χ2n) is 26.8. The van der Waals surface area contributed by atoms with E-state index in [-0.39, 0.29) is 36.2 Å². The summed E-state index contributed by atoms with van der Waals surface area (Å²) in [5.74, 6) is -3.22. The fourth-order valence-corrected chi connectivity index (χ4v) is 15.1. The summed E-state index contributed by atoms with van der Waals surface area (Å²) in [4.78, 5) is 53.0. The van der Waals surface area contributed by atoms with E-state index in [0.29, 0.717) is 91.2 Å². The number of cyclic esters (lactones) is 1. The number of hydrogen-bond acceptors (Lipinski definition) is 20. The molecule has 1 aromatic carbocycles. The number of Topliss-reactive ketones (excluding diaryl/α,β-unsaturated/α-hetero) is 1. The molecule has 1 N–H and O–H groups in total. The van der Waals surface area contributed by atoms with Crippen LogP contribution in [-0.2, 0) is 68.1 Å². The van der Waals surface area contributed by atoms with Crippen LogP contribution in [0.25, 0.3) is 0 Å². The summed E-state index contributed by atoms with van der Waals surface area (Å²) in [6, 6.07) is 6.75. The van der Waals surface area contributed by atoms with Crippen LogP contribution in [0.15, 0.2) is 30.5 Å². The summed E-state index contributed by atoms with van der Waals surface area (Å²) in [5.41, 5.74) is -0.640. The number of aromatic nitrogens is 3. The maximum Gasteiger partial charge on any atom is 0.410 e. The predicted molar refractivity (Wildman–Crippen MR) is 326 cm³/mol. The van der Waals surface area contributed by atoms with Crippen molar-refractivity contribution in [2.45, 2.75) is 205 Å². The predicted octanol–water partition coefficient (Wildman–Crippen LogP) is 7.24. The van der Waals surface area contributed by atoms with Crippen LogP contribution in [0.3, 0.4) is 0 Å². The Balaban J connectivity index is 0.971. The molecule has 22 nitrogen and oxygen atoms in total. The normalized spacial score (nSPS) is 36.1. The number of carbonyl (C=O) groups excluding carboxylic acids is 3.